The van der Waals surface area contributed by atoms with E-state index in [0.29, 0.717) is 31.3 Å². The molecular formula is C23H26N2O3S. The molecule has 3 aliphatic rings. The van der Waals surface area contributed by atoms with Crippen LogP contribution in [0.4, 0.5) is 0 Å². The highest BCUT2D eigenvalue weighted by Crippen LogP contribution is 2.53. The van der Waals surface area contributed by atoms with Crippen molar-refractivity contribution in [1.82, 2.24) is 10.2 Å². The zero-order chi connectivity index (χ0) is 20.0. The van der Waals surface area contributed by atoms with Crippen molar-refractivity contribution >= 4 is 17.3 Å². The van der Waals surface area contributed by atoms with E-state index >= 15 is 0 Å². The second-order valence-electron chi connectivity index (χ2n) is 8.03. The van der Waals surface area contributed by atoms with Gasteiger partial charge in [-0.25, -0.2) is 0 Å². The third-order valence-corrected chi connectivity index (χ3v) is 6.88. The number of hydrogen-bond acceptors (Lipinski definition) is 4. The van der Waals surface area contributed by atoms with Crippen LogP contribution in [0.25, 0.3) is 11.1 Å². The molecule has 0 saturated carbocycles. The SMILES string of the molecule is COCCNC(=S)N1CCC2c3ccc(-c4ccc5c(c4)OCO5)cc3C1[C@H]2C. The summed E-state index contributed by atoms with van der Waals surface area (Å²) in [5.74, 6) is 2.80. The minimum Gasteiger partial charge on any atom is -0.454 e. The number of hydrogen-bond donors (Lipinski definition) is 1. The molecule has 5 nitrogen and oxygen atoms in total. The van der Waals surface area contributed by atoms with Crippen LogP contribution in [0.3, 0.4) is 0 Å². The van der Waals surface area contributed by atoms with Crippen LogP contribution in [0.1, 0.15) is 36.4 Å². The van der Waals surface area contributed by atoms with E-state index in [0.717, 1.165) is 41.7 Å². The summed E-state index contributed by atoms with van der Waals surface area (Å²) in [5.41, 5.74) is 5.25. The summed E-state index contributed by atoms with van der Waals surface area (Å²) in [4.78, 5) is 2.38. The number of likely N-dealkylation sites (tertiary alicyclic amines) is 1. The van der Waals surface area contributed by atoms with Gasteiger partial charge >= 0.3 is 0 Å². The number of fused-ring (bicyclic) bond motifs is 6. The molecular weight excluding hydrogens is 384 g/mol. The Labute approximate surface area is 176 Å². The van der Waals surface area contributed by atoms with Crippen molar-refractivity contribution in [2.75, 3.05) is 33.6 Å². The minimum atomic E-state index is 0.298. The fourth-order valence-electron chi connectivity index (χ4n) is 5.09. The topological polar surface area (TPSA) is 43.0 Å². The van der Waals surface area contributed by atoms with Crippen molar-refractivity contribution in [2.45, 2.75) is 25.3 Å². The van der Waals surface area contributed by atoms with Crippen LogP contribution in [0.15, 0.2) is 36.4 Å². The Morgan fingerprint density at radius 1 is 1.14 bits per heavy atom. The zero-order valence-corrected chi connectivity index (χ0v) is 17.6. The number of thiocarbonyl (C=S) groups is 1. The average Bonchev–Trinajstić information content (AvgIpc) is 3.26. The molecule has 0 aromatic heterocycles. The van der Waals surface area contributed by atoms with Crippen LogP contribution in [-0.4, -0.2) is 43.6 Å². The fourth-order valence-corrected chi connectivity index (χ4v) is 5.39. The fraction of sp³-hybridized carbons (Fsp3) is 0.435. The first-order valence-corrected chi connectivity index (χ1v) is 10.7. The second-order valence-corrected chi connectivity index (χ2v) is 8.42. The molecule has 0 spiro atoms. The minimum absolute atomic E-state index is 0.298. The summed E-state index contributed by atoms with van der Waals surface area (Å²) in [6.07, 6.45) is 1.14. The molecule has 2 aliphatic heterocycles. The number of nitrogens with one attached hydrogen (secondary N) is 1. The number of methoxy groups -OCH3 is 1. The van der Waals surface area contributed by atoms with Crippen molar-refractivity contribution < 1.29 is 14.2 Å². The molecule has 1 aliphatic carbocycles. The van der Waals surface area contributed by atoms with Gasteiger partial charge in [0.15, 0.2) is 16.6 Å². The van der Waals surface area contributed by atoms with Gasteiger partial charge in [0.05, 0.1) is 12.6 Å². The first-order valence-electron chi connectivity index (χ1n) is 10.2. The molecule has 5 rings (SSSR count). The Morgan fingerprint density at radius 2 is 1.93 bits per heavy atom. The van der Waals surface area contributed by atoms with E-state index in [1.807, 2.05) is 6.07 Å². The van der Waals surface area contributed by atoms with Crippen LogP contribution in [0.2, 0.25) is 0 Å². The Kier molecular flexibility index (Phi) is 4.84. The van der Waals surface area contributed by atoms with E-state index in [-0.39, 0.29) is 0 Å². The van der Waals surface area contributed by atoms with Crippen LogP contribution in [-0.2, 0) is 4.74 Å². The number of nitrogens with zero attached hydrogens (tertiary/aromatic N) is 1. The molecule has 2 aromatic rings. The molecule has 0 radical (unpaired) electrons. The summed E-state index contributed by atoms with van der Waals surface area (Å²) in [6.45, 7) is 5.04. The number of ether oxygens (including phenoxy) is 3. The van der Waals surface area contributed by atoms with Gasteiger partial charge < -0.3 is 24.4 Å². The smallest absolute Gasteiger partial charge is 0.231 e. The summed E-state index contributed by atoms with van der Waals surface area (Å²) < 4.78 is 16.2. The molecule has 2 bridgehead atoms. The lowest BCUT2D eigenvalue weighted by Gasteiger charge is -2.40. The predicted molar refractivity (Wildman–Crippen MR) is 116 cm³/mol. The first-order chi connectivity index (χ1) is 14.2. The second kappa shape index (κ2) is 7.50. The first kappa shape index (κ1) is 18.7. The van der Waals surface area contributed by atoms with Gasteiger partial charge in [-0.15, -0.1) is 0 Å². The lowest BCUT2D eigenvalue weighted by atomic mass is 9.86. The van der Waals surface area contributed by atoms with Crippen LogP contribution in [0.5, 0.6) is 11.5 Å². The van der Waals surface area contributed by atoms with Gasteiger partial charge in [-0.3, -0.25) is 0 Å². The molecule has 2 aromatic carbocycles. The van der Waals surface area contributed by atoms with Crippen molar-refractivity contribution in [3.8, 4) is 22.6 Å². The van der Waals surface area contributed by atoms with Gasteiger partial charge in [-0.05, 0) is 70.9 Å². The molecule has 0 amide bonds. The monoisotopic (exact) mass is 410 g/mol. The Hall–Kier alpha value is -2.31. The largest absolute Gasteiger partial charge is 0.454 e. The van der Waals surface area contributed by atoms with Gasteiger partial charge in [0.2, 0.25) is 6.79 Å². The normalized spacial score (nSPS) is 23.8. The third-order valence-electron chi connectivity index (χ3n) is 6.50. The molecule has 1 N–H and O–H groups in total. The van der Waals surface area contributed by atoms with Crippen molar-refractivity contribution in [2.24, 2.45) is 5.92 Å². The van der Waals surface area contributed by atoms with E-state index < -0.39 is 0 Å². The number of rotatable bonds is 4. The average molecular weight is 411 g/mol. The summed E-state index contributed by atoms with van der Waals surface area (Å²) >= 11 is 5.74. The molecule has 6 heteroatoms. The molecule has 2 unspecified atom stereocenters. The third kappa shape index (κ3) is 3.15. The molecule has 152 valence electrons. The highest BCUT2D eigenvalue weighted by atomic mass is 32.1. The van der Waals surface area contributed by atoms with E-state index in [9.17, 15) is 0 Å². The Morgan fingerprint density at radius 3 is 2.79 bits per heavy atom. The zero-order valence-electron chi connectivity index (χ0n) is 16.8. The highest BCUT2D eigenvalue weighted by molar-refractivity contribution is 7.80. The maximum atomic E-state index is 5.74. The number of benzene rings is 2. The van der Waals surface area contributed by atoms with E-state index in [2.05, 4.69) is 47.5 Å². The maximum absolute atomic E-state index is 5.74. The molecule has 1 fully saturated rings. The van der Waals surface area contributed by atoms with E-state index in [4.69, 9.17) is 26.4 Å². The highest BCUT2D eigenvalue weighted by Gasteiger charge is 2.45. The van der Waals surface area contributed by atoms with Gasteiger partial charge in [0, 0.05) is 20.2 Å². The molecule has 2 heterocycles. The maximum Gasteiger partial charge on any atom is 0.231 e. The quantitative estimate of drug-likeness (QED) is 0.605. The van der Waals surface area contributed by atoms with Gasteiger partial charge in [0.25, 0.3) is 0 Å². The van der Waals surface area contributed by atoms with Gasteiger partial charge in [-0.2, -0.15) is 0 Å². The van der Waals surface area contributed by atoms with E-state index in [1.54, 1.807) is 7.11 Å². The van der Waals surface area contributed by atoms with Crippen LogP contribution < -0.4 is 14.8 Å². The lowest BCUT2D eigenvalue weighted by Crippen LogP contribution is -2.47. The van der Waals surface area contributed by atoms with Gasteiger partial charge in [0.1, 0.15) is 0 Å². The van der Waals surface area contributed by atoms with Crippen molar-refractivity contribution in [3.05, 3.63) is 47.5 Å². The predicted octanol–water partition coefficient (Wildman–Crippen LogP) is 4.08. The Balaban J connectivity index is 1.46. The summed E-state index contributed by atoms with van der Waals surface area (Å²) in [7, 11) is 1.71. The van der Waals surface area contributed by atoms with Crippen molar-refractivity contribution in [1.29, 1.82) is 0 Å². The summed E-state index contributed by atoms with van der Waals surface area (Å²) in [6, 6.07) is 13.4. The van der Waals surface area contributed by atoms with Crippen LogP contribution >= 0.6 is 12.2 Å². The van der Waals surface area contributed by atoms with E-state index in [1.165, 1.54) is 16.7 Å². The van der Waals surface area contributed by atoms with Crippen molar-refractivity contribution in [3.63, 3.8) is 0 Å². The Bertz CT molecular complexity index is 948. The molecule has 1 saturated heterocycles. The van der Waals surface area contributed by atoms with Gasteiger partial charge in [-0.1, -0.05) is 25.1 Å². The molecule has 29 heavy (non-hydrogen) atoms. The number of piperidine rings is 1. The lowest BCUT2D eigenvalue weighted by molar-refractivity contribution is 0.173. The molecule has 3 atom stereocenters. The standard InChI is InChI=1S/C23H26N2O3S/c1-14-17-7-9-25(23(29)24-8-10-26-2)22(14)19-11-15(3-5-18(17)19)16-4-6-20-21(12-16)28-13-27-20/h3-6,11-12,14,17,22H,7-10,13H2,1-2H3,(H,24,29)/t14-,17?,22?/m0/s1. The summed E-state index contributed by atoms with van der Waals surface area (Å²) in [5, 5.41) is 4.20. The van der Waals surface area contributed by atoms with Crippen LogP contribution in [0, 0.1) is 5.92 Å².